The molecule has 0 aromatic heterocycles. The standard InChI is InChI=1S/C15H25NS/c1-6-10(3)15(17)16-14-9-11(4)13(7-2)8-12(14)5/h8,11,13-14H,3,6-7,9H2,1-2,4-5H3,(H,16,17). The quantitative estimate of drug-likeness (QED) is 0.455. The molecule has 0 amide bonds. The largest absolute Gasteiger partial charge is 0.370 e. The molecule has 1 N–H and O–H groups in total. The first-order chi connectivity index (χ1) is 7.99. The molecule has 2 heteroatoms. The molecule has 3 atom stereocenters. The van der Waals surface area contributed by atoms with E-state index in [0.717, 1.165) is 28.8 Å². The molecule has 17 heavy (non-hydrogen) atoms. The average Bonchev–Trinajstić information content (AvgIpc) is 2.32. The number of hydrogen-bond donors (Lipinski definition) is 1. The highest BCUT2D eigenvalue weighted by Gasteiger charge is 2.25. The zero-order valence-electron chi connectivity index (χ0n) is 11.5. The van der Waals surface area contributed by atoms with Crippen LogP contribution in [0.3, 0.4) is 0 Å². The number of allylic oxidation sites excluding steroid dienone is 1. The van der Waals surface area contributed by atoms with Gasteiger partial charge in [0.1, 0.15) is 4.99 Å². The molecule has 0 saturated carbocycles. The summed E-state index contributed by atoms with van der Waals surface area (Å²) in [5.74, 6) is 1.47. The van der Waals surface area contributed by atoms with Gasteiger partial charge in [0, 0.05) is 6.04 Å². The smallest absolute Gasteiger partial charge is 0.102 e. The molecule has 0 spiro atoms. The van der Waals surface area contributed by atoms with Crippen molar-refractivity contribution in [1.29, 1.82) is 0 Å². The molecule has 0 bridgehead atoms. The second kappa shape index (κ2) is 6.34. The Morgan fingerprint density at radius 1 is 1.53 bits per heavy atom. The molecule has 96 valence electrons. The van der Waals surface area contributed by atoms with Crippen molar-refractivity contribution in [2.45, 2.75) is 53.0 Å². The Bertz CT molecular complexity index is 330. The van der Waals surface area contributed by atoms with Crippen molar-refractivity contribution >= 4 is 17.2 Å². The van der Waals surface area contributed by atoms with Crippen LogP contribution in [-0.4, -0.2) is 11.0 Å². The summed E-state index contributed by atoms with van der Waals surface area (Å²) in [6.45, 7) is 12.9. The second-order valence-electron chi connectivity index (χ2n) is 5.18. The molecule has 0 aromatic rings. The van der Waals surface area contributed by atoms with E-state index in [9.17, 15) is 0 Å². The van der Waals surface area contributed by atoms with Crippen molar-refractivity contribution in [3.05, 3.63) is 23.8 Å². The Hall–Kier alpha value is -0.630. The summed E-state index contributed by atoms with van der Waals surface area (Å²) in [4.78, 5) is 0.840. The van der Waals surface area contributed by atoms with E-state index in [4.69, 9.17) is 12.2 Å². The van der Waals surface area contributed by atoms with E-state index in [1.165, 1.54) is 18.4 Å². The lowest BCUT2D eigenvalue weighted by molar-refractivity contribution is 0.340. The van der Waals surface area contributed by atoms with Crippen LogP contribution in [0.15, 0.2) is 23.8 Å². The molecule has 1 aliphatic carbocycles. The van der Waals surface area contributed by atoms with E-state index in [0.29, 0.717) is 6.04 Å². The SMILES string of the molecule is C=C(CC)C(=S)NC1CC(C)C(CC)C=C1C. The summed E-state index contributed by atoms with van der Waals surface area (Å²) in [6.07, 6.45) is 5.76. The molecule has 1 nitrogen and oxygen atoms in total. The topological polar surface area (TPSA) is 12.0 Å². The highest BCUT2D eigenvalue weighted by atomic mass is 32.1. The molecule has 0 saturated heterocycles. The Balaban J connectivity index is 2.68. The zero-order chi connectivity index (χ0) is 13.0. The lowest BCUT2D eigenvalue weighted by Gasteiger charge is -2.33. The van der Waals surface area contributed by atoms with Crippen LogP contribution < -0.4 is 5.32 Å². The van der Waals surface area contributed by atoms with Gasteiger partial charge in [-0.25, -0.2) is 0 Å². The van der Waals surface area contributed by atoms with Gasteiger partial charge in [-0.3, -0.25) is 0 Å². The molecule has 1 aliphatic rings. The third kappa shape index (κ3) is 3.67. The maximum absolute atomic E-state index is 5.37. The lowest BCUT2D eigenvalue weighted by Crippen LogP contribution is -2.39. The van der Waals surface area contributed by atoms with Crippen LogP contribution >= 0.6 is 12.2 Å². The van der Waals surface area contributed by atoms with E-state index in [2.05, 4.69) is 45.7 Å². The lowest BCUT2D eigenvalue weighted by atomic mass is 9.78. The van der Waals surface area contributed by atoms with Gasteiger partial charge in [-0.15, -0.1) is 0 Å². The van der Waals surface area contributed by atoms with Gasteiger partial charge in [-0.2, -0.15) is 0 Å². The summed E-state index contributed by atoms with van der Waals surface area (Å²) in [5.41, 5.74) is 2.47. The van der Waals surface area contributed by atoms with Crippen molar-refractivity contribution in [3.8, 4) is 0 Å². The fourth-order valence-electron chi connectivity index (χ4n) is 2.46. The number of thiocarbonyl (C=S) groups is 1. The molecule has 0 radical (unpaired) electrons. The van der Waals surface area contributed by atoms with Gasteiger partial charge >= 0.3 is 0 Å². The van der Waals surface area contributed by atoms with E-state index in [-0.39, 0.29) is 0 Å². The minimum atomic E-state index is 0.406. The van der Waals surface area contributed by atoms with Gasteiger partial charge in [-0.05, 0) is 43.6 Å². The zero-order valence-corrected chi connectivity index (χ0v) is 12.4. The first-order valence-corrected chi connectivity index (χ1v) is 7.07. The molecule has 0 aliphatic heterocycles. The van der Waals surface area contributed by atoms with Crippen molar-refractivity contribution in [2.24, 2.45) is 11.8 Å². The van der Waals surface area contributed by atoms with Crippen LogP contribution in [0.25, 0.3) is 0 Å². The van der Waals surface area contributed by atoms with Gasteiger partial charge in [0.25, 0.3) is 0 Å². The molecule has 0 fully saturated rings. The van der Waals surface area contributed by atoms with Crippen LogP contribution in [-0.2, 0) is 0 Å². The summed E-state index contributed by atoms with van der Waals surface area (Å²) < 4.78 is 0. The third-order valence-corrected chi connectivity index (χ3v) is 4.30. The molecular formula is C15H25NS. The summed E-state index contributed by atoms with van der Waals surface area (Å²) in [7, 11) is 0. The van der Waals surface area contributed by atoms with E-state index >= 15 is 0 Å². The number of rotatable bonds is 4. The number of nitrogens with one attached hydrogen (secondary N) is 1. The first kappa shape index (κ1) is 14.4. The van der Waals surface area contributed by atoms with Crippen LogP contribution in [0.2, 0.25) is 0 Å². The van der Waals surface area contributed by atoms with Gasteiger partial charge in [0.15, 0.2) is 0 Å². The van der Waals surface area contributed by atoms with Crippen LogP contribution in [0.1, 0.15) is 47.0 Å². The van der Waals surface area contributed by atoms with Gasteiger partial charge in [-0.1, -0.05) is 51.2 Å². The van der Waals surface area contributed by atoms with Crippen molar-refractivity contribution < 1.29 is 0 Å². The Morgan fingerprint density at radius 3 is 2.71 bits per heavy atom. The minimum absolute atomic E-state index is 0.406. The summed E-state index contributed by atoms with van der Waals surface area (Å²) >= 11 is 5.37. The molecule has 0 aromatic carbocycles. The summed E-state index contributed by atoms with van der Waals surface area (Å²) in [5, 5.41) is 3.46. The highest BCUT2D eigenvalue weighted by Crippen LogP contribution is 2.30. The van der Waals surface area contributed by atoms with Crippen LogP contribution in [0, 0.1) is 11.8 Å². The van der Waals surface area contributed by atoms with Crippen molar-refractivity contribution in [2.75, 3.05) is 0 Å². The van der Waals surface area contributed by atoms with Gasteiger partial charge in [0.05, 0.1) is 0 Å². The normalized spacial score (nSPS) is 28.5. The Kier molecular flexibility index (Phi) is 5.38. The highest BCUT2D eigenvalue weighted by molar-refractivity contribution is 7.80. The molecule has 1 rings (SSSR count). The van der Waals surface area contributed by atoms with E-state index in [1.54, 1.807) is 0 Å². The second-order valence-corrected chi connectivity index (χ2v) is 5.59. The van der Waals surface area contributed by atoms with Gasteiger partial charge in [0.2, 0.25) is 0 Å². The molecule has 0 heterocycles. The third-order valence-electron chi connectivity index (χ3n) is 3.89. The monoisotopic (exact) mass is 251 g/mol. The van der Waals surface area contributed by atoms with Crippen molar-refractivity contribution in [3.63, 3.8) is 0 Å². The van der Waals surface area contributed by atoms with Crippen LogP contribution in [0.5, 0.6) is 0 Å². The number of hydrogen-bond acceptors (Lipinski definition) is 1. The molecule has 3 unspecified atom stereocenters. The summed E-state index contributed by atoms with van der Waals surface area (Å²) in [6, 6.07) is 0.406. The Labute approximate surface area is 111 Å². The van der Waals surface area contributed by atoms with E-state index in [1.807, 2.05) is 0 Å². The average molecular weight is 251 g/mol. The fourth-order valence-corrected chi connectivity index (χ4v) is 2.75. The minimum Gasteiger partial charge on any atom is -0.370 e. The maximum atomic E-state index is 5.37. The maximum Gasteiger partial charge on any atom is 0.102 e. The van der Waals surface area contributed by atoms with Crippen molar-refractivity contribution in [1.82, 2.24) is 5.32 Å². The van der Waals surface area contributed by atoms with Crippen LogP contribution in [0.4, 0.5) is 0 Å². The van der Waals surface area contributed by atoms with E-state index < -0.39 is 0 Å². The first-order valence-electron chi connectivity index (χ1n) is 6.66. The predicted octanol–water partition coefficient (Wildman–Crippen LogP) is 4.25. The molecular weight excluding hydrogens is 226 g/mol. The Morgan fingerprint density at radius 2 is 2.18 bits per heavy atom. The predicted molar refractivity (Wildman–Crippen MR) is 80.3 cm³/mol. The fraction of sp³-hybridized carbons (Fsp3) is 0.667. The van der Waals surface area contributed by atoms with Gasteiger partial charge < -0.3 is 5.32 Å².